The molecule has 0 radical (unpaired) electrons. The number of aryl methyl sites for hydroxylation is 1. The van der Waals surface area contributed by atoms with Gasteiger partial charge >= 0.3 is 5.76 Å². The van der Waals surface area contributed by atoms with Crippen molar-refractivity contribution < 1.29 is 8.81 Å². The van der Waals surface area contributed by atoms with Crippen molar-refractivity contribution in [1.82, 2.24) is 23.8 Å². The van der Waals surface area contributed by atoms with Crippen molar-refractivity contribution in [3.63, 3.8) is 0 Å². The van der Waals surface area contributed by atoms with Gasteiger partial charge in [0, 0.05) is 38.6 Å². The van der Waals surface area contributed by atoms with Gasteiger partial charge in [-0.25, -0.2) is 24.0 Å². The van der Waals surface area contributed by atoms with Crippen molar-refractivity contribution >= 4 is 28.4 Å². The number of oxazole rings is 1. The molecule has 5 aromatic rings. The summed E-state index contributed by atoms with van der Waals surface area (Å²) in [5, 5.41) is 0. The monoisotopic (exact) mass is 511 g/mol. The molecule has 9 nitrogen and oxygen atoms in total. The molecule has 0 N–H and O–H groups in total. The lowest BCUT2D eigenvalue weighted by Gasteiger charge is -2.36. The number of rotatable bonds is 4. The molecule has 10 heteroatoms. The molecule has 0 bridgehead atoms. The summed E-state index contributed by atoms with van der Waals surface area (Å²) in [7, 11) is 5.69. The quantitative estimate of drug-likeness (QED) is 0.325. The molecular formula is C28H26FN7O2. The van der Waals surface area contributed by atoms with Gasteiger partial charge in [0.15, 0.2) is 17.1 Å². The van der Waals surface area contributed by atoms with Crippen LogP contribution in [0.1, 0.15) is 12.8 Å². The van der Waals surface area contributed by atoms with Crippen LogP contribution in [0, 0.1) is 12.4 Å². The lowest BCUT2D eigenvalue weighted by atomic mass is 9.99. The Hall–Kier alpha value is -4.49. The van der Waals surface area contributed by atoms with E-state index in [9.17, 15) is 4.79 Å². The van der Waals surface area contributed by atoms with E-state index in [1.54, 1.807) is 24.4 Å². The van der Waals surface area contributed by atoms with E-state index in [1.165, 1.54) is 13.1 Å². The highest BCUT2D eigenvalue weighted by atomic mass is 19.1. The largest absolute Gasteiger partial charge is 0.419 e. The van der Waals surface area contributed by atoms with Gasteiger partial charge in [0.25, 0.3) is 0 Å². The fraction of sp³-hybridized carbons (Fsp3) is 0.286. The minimum Gasteiger partial charge on any atom is -0.408 e. The molecule has 1 aliphatic rings. The first-order chi connectivity index (χ1) is 18.4. The number of hydrogen-bond acceptors (Lipinski definition) is 6. The van der Waals surface area contributed by atoms with E-state index < -0.39 is 11.6 Å². The minimum absolute atomic E-state index is 0.106. The van der Waals surface area contributed by atoms with Crippen LogP contribution in [-0.2, 0) is 7.05 Å². The second-order valence-electron chi connectivity index (χ2n) is 9.83. The molecule has 1 aliphatic heterocycles. The van der Waals surface area contributed by atoms with Crippen LogP contribution in [0.25, 0.3) is 44.0 Å². The van der Waals surface area contributed by atoms with Crippen molar-refractivity contribution in [2.75, 3.05) is 32.1 Å². The number of piperidine rings is 1. The van der Waals surface area contributed by atoms with E-state index in [2.05, 4.69) is 33.7 Å². The second-order valence-corrected chi connectivity index (χ2v) is 9.83. The minimum atomic E-state index is -0.633. The van der Waals surface area contributed by atoms with Gasteiger partial charge in [-0.1, -0.05) is 24.3 Å². The van der Waals surface area contributed by atoms with Crippen molar-refractivity contribution in [2.45, 2.75) is 18.9 Å². The third-order valence-electron chi connectivity index (χ3n) is 7.40. The molecule has 0 saturated carbocycles. The Morgan fingerprint density at radius 3 is 2.55 bits per heavy atom. The molecular weight excluding hydrogens is 485 g/mol. The summed E-state index contributed by atoms with van der Waals surface area (Å²) in [6.07, 6.45) is 5.59. The van der Waals surface area contributed by atoms with Gasteiger partial charge in [-0.15, -0.1) is 0 Å². The van der Waals surface area contributed by atoms with Gasteiger partial charge in [0.1, 0.15) is 11.2 Å². The highest BCUT2D eigenvalue weighted by molar-refractivity contribution is 5.94. The van der Waals surface area contributed by atoms with Crippen LogP contribution >= 0.6 is 0 Å². The van der Waals surface area contributed by atoms with Crippen LogP contribution in [-0.4, -0.2) is 57.1 Å². The van der Waals surface area contributed by atoms with Crippen LogP contribution in [0.5, 0.6) is 0 Å². The summed E-state index contributed by atoms with van der Waals surface area (Å²) in [6.45, 7) is 9.01. The molecule has 192 valence electrons. The Kier molecular flexibility index (Phi) is 5.73. The Morgan fingerprint density at radius 1 is 1.13 bits per heavy atom. The predicted octanol–water partition coefficient (Wildman–Crippen LogP) is 4.73. The lowest BCUT2D eigenvalue weighted by Crippen LogP contribution is -2.43. The third-order valence-corrected chi connectivity index (χ3v) is 7.40. The SMILES string of the molecule is [C-]#[N+]c1ccc(-c2nc(N3CCC(N(C)C)CC3)n3ccnc3c2-c2cc(F)c3c(c2)oc(=O)n3C)cc1. The van der Waals surface area contributed by atoms with Crippen LogP contribution in [0.4, 0.5) is 16.0 Å². The number of aromatic nitrogens is 4. The van der Waals surface area contributed by atoms with E-state index in [-0.39, 0.29) is 11.1 Å². The van der Waals surface area contributed by atoms with Gasteiger partial charge in [-0.3, -0.25) is 8.97 Å². The first kappa shape index (κ1) is 23.9. The maximum atomic E-state index is 15.3. The molecule has 0 amide bonds. The second kappa shape index (κ2) is 9.11. The number of hydrogen-bond donors (Lipinski definition) is 0. The fourth-order valence-electron chi connectivity index (χ4n) is 5.31. The Labute approximate surface area is 218 Å². The van der Waals surface area contributed by atoms with Gasteiger partial charge in [0.05, 0.1) is 17.8 Å². The summed E-state index contributed by atoms with van der Waals surface area (Å²) in [6, 6.07) is 10.7. The number of fused-ring (bicyclic) bond motifs is 2. The molecule has 0 aliphatic carbocycles. The number of benzene rings is 2. The van der Waals surface area contributed by atoms with E-state index in [0.717, 1.165) is 42.0 Å². The summed E-state index contributed by atoms with van der Waals surface area (Å²) in [5.74, 6) is -0.443. The summed E-state index contributed by atoms with van der Waals surface area (Å²) in [5.41, 5.74) is 3.89. The van der Waals surface area contributed by atoms with E-state index in [4.69, 9.17) is 16.0 Å². The molecule has 0 atom stereocenters. The zero-order chi connectivity index (χ0) is 26.6. The predicted molar refractivity (Wildman–Crippen MR) is 144 cm³/mol. The molecule has 3 aromatic heterocycles. The number of halogens is 1. The van der Waals surface area contributed by atoms with Crippen LogP contribution in [0.2, 0.25) is 0 Å². The summed E-state index contributed by atoms with van der Waals surface area (Å²) in [4.78, 5) is 29.9. The molecule has 1 fully saturated rings. The van der Waals surface area contributed by atoms with Crippen molar-refractivity contribution in [2.24, 2.45) is 7.05 Å². The topological polar surface area (TPSA) is 76.2 Å². The van der Waals surface area contributed by atoms with E-state index in [1.807, 2.05) is 22.7 Å². The molecule has 1 saturated heterocycles. The molecule has 2 aromatic carbocycles. The number of nitrogens with zero attached hydrogens (tertiary/aromatic N) is 7. The number of anilines is 1. The van der Waals surface area contributed by atoms with E-state index >= 15 is 4.39 Å². The number of imidazole rings is 1. The van der Waals surface area contributed by atoms with Gasteiger partial charge in [0.2, 0.25) is 5.95 Å². The fourth-order valence-corrected chi connectivity index (χ4v) is 5.31. The van der Waals surface area contributed by atoms with E-state index in [0.29, 0.717) is 34.2 Å². The smallest absolute Gasteiger partial charge is 0.408 e. The molecule has 38 heavy (non-hydrogen) atoms. The van der Waals surface area contributed by atoms with Crippen LogP contribution in [0.3, 0.4) is 0 Å². The average molecular weight is 512 g/mol. The van der Waals surface area contributed by atoms with Crippen molar-refractivity contribution in [3.05, 3.63) is 76.6 Å². The van der Waals surface area contributed by atoms with Crippen molar-refractivity contribution in [1.29, 1.82) is 0 Å². The molecule has 0 unspecified atom stereocenters. The Morgan fingerprint density at radius 2 is 1.87 bits per heavy atom. The molecule has 6 rings (SSSR count). The normalized spacial score (nSPS) is 14.6. The zero-order valence-electron chi connectivity index (χ0n) is 21.3. The molecule has 4 heterocycles. The maximum absolute atomic E-state index is 15.3. The average Bonchev–Trinajstić information content (AvgIpc) is 3.52. The Balaban J connectivity index is 1.59. The van der Waals surface area contributed by atoms with Crippen LogP contribution < -0.4 is 10.7 Å². The van der Waals surface area contributed by atoms with Gasteiger partial charge in [-0.2, -0.15) is 0 Å². The first-order valence-corrected chi connectivity index (χ1v) is 12.4. The zero-order valence-corrected chi connectivity index (χ0v) is 21.3. The highest BCUT2D eigenvalue weighted by Crippen LogP contribution is 2.38. The molecule has 0 spiro atoms. The Bertz CT molecular complexity index is 1770. The van der Waals surface area contributed by atoms with Crippen molar-refractivity contribution in [3.8, 4) is 22.4 Å². The summed E-state index contributed by atoms with van der Waals surface area (Å²) < 4.78 is 23.7. The van der Waals surface area contributed by atoms with Crippen LogP contribution in [0.15, 0.2) is 58.0 Å². The highest BCUT2D eigenvalue weighted by Gasteiger charge is 2.27. The maximum Gasteiger partial charge on any atom is 0.419 e. The van der Waals surface area contributed by atoms with Gasteiger partial charge < -0.3 is 14.2 Å². The standard InChI is InChI=1S/C28H26FN7O2/c1-30-19-7-5-17(6-8-19)24-23(18-15-21(29)25-22(16-18)38-28(37)34(25)4)26-31-11-14-36(26)27(32-24)35-12-9-20(10-13-35)33(2)3/h5-8,11,14-16,20H,9-10,12-13H2,2-4H3. The third kappa shape index (κ3) is 3.83. The first-order valence-electron chi connectivity index (χ1n) is 12.4. The lowest BCUT2D eigenvalue weighted by molar-refractivity contribution is 0.249. The summed E-state index contributed by atoms with van der Waals surface area (Å²) >= 11 is 0. The van der Waals surface area contributed by atoms with Gasteiger partial charge in [-0.05, 0) is 50.2 Å².